The number of nitrogens with one attached hydrogen (secondary N) is 1. The SMILES string of the molecule is Cc1nn2c(nc1=O)-c1ccccc1N[C@@H]2c1ccc(F)cc1. The Hall–Kier alpha value is -3.02. The van der Waals surface area contributed by atoms with Gasteiger partial charge in [0.1, 0.15) is 17.7 Å². The van der Waals surface area contributed by atoms with E-state index < -0.39 is 0 Å². The smallest absolute Gasteiger partial charge is 0.294 e. The first-order valence-corrected chi connectivity index (χ1v) is 7.22. The number of aryl methyl sites for hydroxylation is 1. The van der Waals surface area contributed by atoms with Gasteiger partial charge < -0.3 is 5.32 Å². The van der Waals surface area contributed by atoms with E-state index in [9.17, 15) is 9.18 Å². The van der Waals surface area contributed by atoms with Crippen molar-refractivity contribution in [3.63, 3.8) is 0 Å². The molecule has 0 bridgehead atoms. The molecule has 6 heteroatoms. The number of para-hydroxylation sites is 1. The average molecular weight is 308 g/mol. The number of fused-ring (bicyclic) bond motifs is 3. The predicted octanol–water partition coefficient (Wildman–Crippen LogP) is 2.73. The number of rotatable bonds is 1. The van der Waals surface area contributed by atoms with Crippen LogP contribution < -0.4 is 10.9 Å². The maximum Gasteiger partial charge on any atom is 0.294 e. The fourth-order valence-corrected chi connectivity index (χ4v) is 2.73. The van der Waals surface area contributed by atoms with E-state index in [4.69, 9.17) is 0 Å². The highest BCUT2D eigenvalue weighted by Crippen LogP contribution is 2.35. The Bertz CT molecular complexity index is 950. The van der Waals surface area contributed by atoms with Crippen LogP contribution in [0.1, 0.15) is 17.4 Å². The van der Waals surface area contributed by atoms with E-state index >= 15 is 0 Å². The third-order valence-electron chi connectivity index (χ3n) is 3.88. The van der Waals surface area contributed by atoms with Gasteiger partial charge in [-0.25, -0.2) is 9.07 Å². The van der Waals surface area contributed by atoms with Gasteiger partial charge in [0, 0.05) is 11.3 Å². The lowest BCUT2D eigenvalue weighted by molar-refractivity contribution is 0.537. The van der Waals surface area contributed by atoms with Gasteiger partial charge in [-0.2, -0.15) is 10.1 Å². The van der Waals surface area contributed by atoms with Crippen molar-refractivity contribution in [3.05, 3.63) is 76.0 Å². The third kappa shape index (κ3) is 2.19. The van der Waals surface area contributed by atoms with Gasteiger partial charge in [-0.15, -0.1) is 0 Å². The molecule has 0 radical (unpaired) electrons. The number of nitrogens with zero attached hydrogens (tertiary/aromatic N) is 3. The van der Waals surface area contributed by atoms with E-state index in [1.807, 2.05) is 24.3 Å². The summed E-state index contributed by atoms with van der Waals surface area (Å²) in [4.78, 5) is 16.1. The maximum atomic E-state index is 13.2. The van der Waals surface area contributed by atoms with Gasteiger partial charge in [-0.1, -0.05) is 24.3 Å². The molecule has 1 aliphatic heterocycles. The molecule has 0 fully saturated rings. The fourth-order valence-electron chi connectivity index (χ4n) is 2.73. The van der Waals surface area contributed by atoms with Gasteiger partial charge in [-0.05, 0) is 36.8 Å². The van der Waals surface area contributed by atoms with Crippen molar-refractivity contribution in [1.29, 1.82) is 0 Å². The van der Waals surface area contributed by atoms with Gasteiger partial charge in [0.2, 0.25) is 0 Å². The molecule has 1 N–H and O–H groups in total. The summed E-state index contributed by atoms with van der Waals surface area (Å²) < 4.78 is 14.9. The number of aromatic nitrogens is 3. The minimum atomic E-state index is -0.354. The van der Waals surface area contributed by atoms with Gasteiger partial charge in [0.15, 0.2) is 5.82 Å². The third-order valence-corrected chi connectivity index (χ3v) is 3.88. The predicted molar refractivity (Wildman–Crippen MR) is 84.6 cm³/mol. The Labute approximate surface area is 131 Å². The Morgan fingerprint density at radius 2 is 1.87 bits per heavy atom. The zero-order valence-corrected chi connectivity index (χ0v) is 12.3. The molecule has 1 atom stereocenters. The van der Waals surface area contributed by atoms with E-state index in [1.165, 1.54) is 12.1 Å². The standard InChI is InChI=1S/C17H13FN4O/c1-10-17(23)20-16-13-4-2-3-5-14(13)19-15(22(16)21-10)11-6-8-12(18)9-7-11/h2-9,15,19H,1H3/t15-/m0/s1. The summed E-state index contributed by atoms with van der Waals surface area (Å²) in [5, 5.41) is 7.75. The highest BCUT2D eigenvalue weighted by Gasteiger charge is 2.26. The van der Waals surface area contributed by atoms with E-state index in [-0.39, 0.29) is 17.5 Å². The van der Waals surface area contributed by atoms with Crippen LogP contribution in [-0.4, -0.2) is 14.8 Å². The van der Waals surface area contributed by atoms with Gasteiger partial charge in [0.25, 0.3) is 5.56 Å². The van der Waals surface area contributed by atoms with Gasteiger partial charge >= 0.3 is 0 Å². The van der Waals surface area contributed by atoms with Gasteiger partial charge in [-0.3, -0.25) is 4.79 Å². The lowest BCUT2D eigenvalue weighted by Crippen LogP contribution is -2.32. The second-order valence-electron chi connectivity index (χ2n) is 5.41. The second kappa shape index (κ2) is 5.01. The first kappa shape index (κ1) is 13.6. The Balaban J connectivity index is 1.96. The summed E-state index contributed by atoms with van der Waals surface area (Å²) in [6, 6.07) is 13.8. The van der Waals surface area contributed by atoms with Crippen molar-refractivity contribution in [1.82, 2.24) is 14.8 Å². The molecule has 1 aliphatic rings. The van der Waals surface area contributed by atoms with Crippen LogP contribution in [0.4, 0.5) is 10.1 Å². The van der Waals surface area contributed by atoms with Crippen molar-refractivity contribution in [2.24, 2.45) is 0 Å². The quantitative estimate of drug-likeness (QED) is 0.751. The molecule has 0 unspecified atom stereocenters. The summed E-state index contributed by atoms with van der Waals surface area (Å²) in [7, 11) is 0. The van der Waals surface area contributed by atoms with Crippen LogP contribution in [-0.2, 0) is 0 Å². The summed E-state index contributed by atoms with van der Waals surface area (Å²) in [6.45, 7) is 1.63. The minimum Gasteiger partial charge on any atom is -0.359 e. The molecule has 0 saturated heterocycles. The highest BCUT2D eigenvalue weighted by molar-refractivity contribution is 5.76. The topological polar surface area (TPSA) is 59.8 Å². The molecule has 0 aliphatic carbocycles. The van der Waals surface area contributed by atoms with E-state index in [0.29, 0.717) is 11.5 Å². The molecule has 5 nitrogen and oxygen atoms in total. The number of halogens is 1. The Morgan fingerprint density at radius 1 is 1.13 bits per heavy atom. The molecule has 114 valence electrons. The van der Waals surface area contributed by atoms with Crippen LogP contribution in [0.25, 0.3) is 11.4 Å². The minimum absolute atomic E-state index is 0.299. The maximum absolute atomic E-state index is 13.2. The fraction of sp³-hybridized carbons (Fsp3) is 0.118. The van der Waals surface area contributed by atoms with E-state index in [2.05, 4.69) is 15.4 Å². The van der Waals surface area contributed by atoms with Crippen molar-refractivity contribution < 1.29 is 4.39 Å². The molecule has 2 heterocycles. The Kier molecular flexibility index (Phi) is 2.97. The molecule has 0 spiro atoms. The molecule has 0 saturated carbocycles. The first-order valence-electron chi connectivity index (χ1n) is 7.22. The zero-order chi connectivity index (χ0) is 16.0. The van der Waals surface area contributed by atoms with Crippen LogP contribution in [0, 0.1) is 12.7 Å². The Morgan fingerprint density at radius 3 is 2.65 bits per heavy atom. The first-order chi connectivity index (χ1) is 11.1. The van der Waals surface area contributed by atoms with Crippen molar-refractivity contribution >= 4 is 5.69 Å². The molecule has 4 rings (SSSR count). The zero-order valence-electron chi connectivity index (χ0n) is 12.3. The molecule has 3 aromatic rings. The summed E-state index contributed by atoms with van der Waals surface area (Å²) >= 11 is 0. The summed E-state index contributed by atoms with van der Waals surface area (Å²) in [6.07, 6.45) is -0.354. The molecule has 23 heavy (non-hydrogen) atoms. The van der Waals surface area contributed by atoms with Crippen LogP contribution in [0.3, 0.4) is 0 Å². The largest absolute Gasteiger partial charge is 0.359 e. The van der Waals surface area contributed by atoms with Crippen LogP contribution in [0.2, 0.25) is 0 Å². The van der Waals surface area contributed by atoms with Crippen LogP contribution in [0.15, 0.2) is 53.3 Å². The number of anilines is 1. The van der Waals surface area contributed by atoms with Crippen LogP contribution in [0.5, 0.6) is 0 Å². The summed E-state index contributed by atoms with van der Waals surface area (Å²) in [5.41, 5.74) is 2.49. The molecule has 0 amide bonds. The van der Waals surface area contributed by atoms with Crippen LogP contribution >= 0.6 is 0 Å². The lowest BCUT2D eigenvalue weighted by atomic mass is 10.1. The summed E-state index contributed by atoms with van der Waals surface area (Å²) in [5.74, 6) is 0.205. The van der Waals surface area contributed by atoms with E-state index in [0.717, 1.165) is 16.8 Å². The lowest BCUT2D eigenvalue weighted by Gasteiger charge is -2.30. The highest BCUT2D eigenvalue weighted by atomic mass is 19.1. The van der Waals surface area contributed by atoms with E-state index in [1.54, 1.807) is 23.7 Å². The number of hydrogen-bond donors (Lipinski definition) is 1. The number of hydrogen-bond acceptors (Lipinski definition) is 4. The number of benzene rings is 2. The molecular formula is C17H13FN4O. The van der Waals surface area contributed by atoms with Crippen molar-refractivity contribution in [2.45, 2.75) is 13.1 Å². The second-order valence-corrected chi connectivity index (χ2v) is 5.41. The monoisotopic (exact) mass is 308 g/mol. The average Bonchev–Trinajstić information content (AvgIpc) is 2.56. The van der Waals surface area contributed by atoms with Crippen molar-refractivity contribution in [3.8, 4) is 11.4 Å². The molecular weight excluding hydrogens is 295 g/mol. The van der Waals surface area contributed by atoms with Crippen molar-refractivity contribution in [2.75, 3.05) is 5.32 Å². The normalized spacial score (nSPS) is 15.5. The molecule has 1 aromatic heterocycles. The molecule has 2 aromatic carbocycles. The van der Waals surface area contributed by atoms with Gasteiger partial charge in [0.05, 0.1) is 0 Å².